The number of hydrogen-bond acceptors (Lipinski definition) is 4. The van der Waals surface area contributed by atoms with Crippen molar-refractivity contribution in [3.05, 3.63) is 29.8 Å². The Kier molecular flexibility index (Phi) is 3.82. The minimum atomic E-state index is -0.0293. The summed E-state index contributed by atoms with van der Waals surface area (Å²) in [4.78, 5) is 4.39. The van der Waals surface area contributed by atoms with E-state index in [2.05, 4.69) is 21.9 Å². The molecule has 4 nitrogen and oxygen atoms in total. The Morgan fingerprint density at radius 3 is 2.39 bits per heavy atom. The number of piperazine rings is 1. The molecular formula is C14H16N4. The zero-order valence-corrected chi connectivity index (χ0v) is 10.5. The lowest BCUT2D eigenvalue weighted by molar-refractivity contribution is 0.231. The van der Waals surface area contributed by atoms with Crippen LogP contribution in [-0.4, -0.2) is 37.1 Å². The van der Waals surface area contributed by atoms with E-state index in [4.69, 9.17) is 10.5 Å². The fourth-order valence-electron chi connectivity index (χ4n) is 2.28. The Balaban J connectivity index is 2.07. The quantitative estimate of drug-likeness (QED) is 0.787. The molecule has 1 saturated heterocycles. The van der Waals surface area contributed by atoms with Gasteiger partial charge in [0.2, 0.25) is 0 Å². The normalized spacial score (nSPS) is 17.8. The van der Waals surface area contributed by atoms with Crippen molar-refractivity contribution < 1.29 is 0 Å². The molecule has 2 rings (SSSR count). The minimum Gasteiger partial charge on any atom is -0.368 e. The molecule has 0 amide bonds. The molecule has 1 aromatic rings. The van der Waals surface area contributed by atoms with Crippen molar-refractivity contribution >= 4 is 5.69 Å². The van der Waals surface area contributed by atoms with Gasteiger partial charge in [-0.05, 0) is 19.1 Å². The molecule has 4 heteroatoms. The summed E-state index contributed by atoms with van der Waals surface area (Å²) in [6.07, 6.45) is 0. The number of anilines is 1. The van der Waals surface area contributed by atoms with Gasteiger partial charge < -0.3 is 4.90 Å². The maximum atomic E-state index is 9.10. The number of para-hydroxylation sites is 1. The Labute approximate surface area is 108 Å². The van der Waals surface area contributed by atoms with Crippen LogP contribution in [0.2, 0.25) is 0 Å². The van der Waals surface area contributed by atoms with E-state index in [0.29, 0.717) is 0 Å². The van der Waals surface area contributed by atoms with Gasteiger partial charge in [-0.1, -0.05) is 12.1 Å². The highest BCUT2D eigenvalue weighted by Crippen LogP contribution is 2.21. The molecule has 0 N–H and O–H groups in total. The molecule has 1 atom stereocenters. The van der Waals surface area contributed by atoms with Crippen LogP contribution in [0.25, 0.3) is 0 Å². The largest absolute Gasteiger partial charge is 0.368 e. The van der Waals surface area contributed by atoms with Gasteiger partial charge in [-0.3, -0.25) is 4.90 Å². The van der Waals surface area contributed by atoms with E-state index in [0.717, 1.165) is 37.4 Å². The van der Waals surface area contributed by atoms with Gasteiger partial charge in [-0.2, -0.15) is 10.5 Å². The molecular weight excluding hydrogens is 224 g/mol. The highest BCUT2D eigenvalue weighted by Gasteiger charge is 2.21. The first-order valence-electron chi connectivity index (χ1n) is 6.14. The predicted molar refractivity (Wildman–Crippen MR) is 70.0 cm³/mol. The van der Waals surface area contributed by atoms with Gasteiger partial charge in [0.15, 0.2) is 0 Å². The van der Waals surface area contributed by atoms with Gasteiger partial charge in [-0.15, -0.1) is 0 Å². The first-order chi connectivity index (χ1) is 8.76. The molecule has 1 aromatic carbocycles. The molecule has 0 aliphatic carbocycles. The molecule has 0 saturated carbocycles. The molecule has 1 aliphatic heterocycles. The number of hydrogen-bond donors (Lipinski definition) is 0. The van der Waals surface area contributed by atoms with Crippen molar-refractivity contribution in [2.45, 2.75) is 13.0 Å². The zero-order valence-electron chi connectivity index (χ0n) is 10.5. The van der Waals surface area contributed by atoms with Crippen LogP contribution in [0.5, 0.6) is 0 Å². The van der Waals surface area contributed by atoms with Crippen LogP contribution in [0.4, 0.5) is 5.69 Å². The smallest absolute Gasteiger partial charge is 0.101 e. The molecule has 1 heterocycles. The fraction of sp³-hybridized carbons (Fsp3) is 0.429. The van der Waals surface area contributed by atoms with E-state index >= 15 is 0 Å². The van der Waals surface area contributed by atoms with E-state index in [9.17, 15) is 0 Å². The van der Waals surface area contributed by atoms with Gasteiger partial charge in [0, 0.05) is 26.2 Å². The van der Waals surface area contributed by atoms with E-state index < -0.39 is 0 Å². The summed E-state index contributed by atoms with van der Waals surface area (Å²) < 4.78 is 0. The summed E-state index contributed by atoms with van der Waals surface area (Å²) in [5.74, 6) is 0. The third-order valence-corrected chi connectivity index (χ3v) is 3.41. The lowest BCUT2D eigenvalue weighted by Gasteiger charge is -2.37. The maximum Gasteiger partial charge on any atom is 0.101 e. The molecule has 0 aromatic heterocycles. The second-order valence-electron chi connectivity index (χ2n) is 4.46. The van der Waals surface area contributed by atoms with Crippen molar-refractivity contribution in [2.75, 3.05) is 31.1 Å². The standard InChI is InChI=1S/C14H16N4/c1-12(10-15)17-6-8-18(9-7-17)14-5-3-2-4-13(14)11-16/h2-5,12H,6-9H2,1H3. The van der Waals surface area contributed by atoms with Crippen LogP contribution in [-0.2, 0) is 0 Å². The van der Waals surface area contributed by atoms with E-state index in [1.165, 1.54) is 0 Å². The van der Waals surface area contributed by atoms with E-state index in [1.807, 2.05) is 31.2 Å². The summed E-state index contributed by atoms with van der Waals surface area (Å²) in [5.41, 5.74) is 1.73. The lowest BCUT2D eigenvalue weighted by Crippen LogP contribution is -2.49. The molecule has 18 heavy (non-hydrogen) atoms. The minimum absolute atomic E-state index is 0.0293. The fourth-order valence-corrected chi connectivity index (χ4v) is 2.28. The second kappa shape index (κ2) is 5.53. The average molecular weight is 240 g/mol. The summed E-state index contributed by atoms with van der Waals surface area (Å²) in [7, 11) is 0. The Morgan fingerprint density at radius 1 is 1.11 bits per heavy atom. The van der Waals surface area contributed by atoms with Crippen LogP contribution in [0.15, 0.2) is 24.3 Å². The van der Waals surface area contributed by atoms with Crippen molar-refractivity contribution in [1.82, 2.24) is 4.90 Å². The van der Waals surface area contributed by atoms with Crippen molar-refractivity contribution in [1.29, 1.82) is 10.5 Å². The van der Waals surface area contributed by atoms with Crippen molar-refractivity contribution in [3.63, 3.8) is 0 Å². The first kappa shape index (κ1) is 12.4. The molecule has 1 aliphatic rings. The highest BCUT2D eigenvalue weighted by molar-refractivity contribution is 5.59. The lowest BCUT2D eigenvalue weighted by atomic mass is 10.1. The SMILES string of the molecule is CC(C#N)N1CCN(c2ccccc2C#N)CC1. The number of nitriles is 2. The third-order valence-electron chi connectivity index (χ3n) is 3.41. The summed E-state index contributed by atoms with van der Waals surface area (Å²) >= 11 is 0. The van der Waals surface area contributed by atoms with Crippen LogP contribution in [0.3, 0.4) is 0 Å². The monoisotopic (exact) mass is 240 g/mol. The molecule has 0 spiro atoms. The topological polar surface area (TPSA) is 54.1 Å². The third kappa shape index (κ3) is 2.45. The van der Waals surface area contributed by atoms with Crippen molar-refractivity contribution in [2.24, 2.45) is 0 Å². The van der Waals surface area contributed by atoms with Gasteiger partial charge in [-0.25, -0.2) is 0 Å². The summed E-state index contributed by atoms with van der Waals surface area (Å²) in [6.45, 7) is 5.40. The molecule has 0 radical (unpaired) electrons. The molecule has 92 valence electrons. The number of benzene rings is 1. The van der Waals surface area contributed by atoms with Crippen LogP contribution >= 0.6 is 0 Å². The Hall–Kier alpha value is -2.04. The van der Waals surface area contributed by atoms with Gasteiger partial charge in [0.25, 0.3) is 0 Å². The number of rotatable bonds is 2. The average Bonchev–Trinajstić information content (AvgIpc) is 2.46. The predicted octanol–water partition coefficient (Wildman–Crippen LogP) is 1.59. The Morgan fingerprint density at radius 2 is 1.78 bits per heavy atom. The molecule has 1 fully saturated rings. The Bertz CT molecular complexity index is 489. The number of nitrogens with zero attached hydrogens (tertiary/aromatic N) is 4. The van der Waals surface area contributed by atoms with E-state index in [1.54, 1.807) is 0 Å². The van der Waals surface area contributed by atoms with Crippen LogP contribution < -0.4 is 4.90 Å². The van der Waals surface area contributed by atoms with Crippen LogP contribution in [0.1, 0.15) is 12.5 Å². The highest BCUT2D eigenvalue weighted by atomic mass is 15.3. The van der Waals surface area contributed by atoms with Gasteiger partial charge in [0.05, 0.1) is 23.4 Å². The van der Waals surface area contributed by atoms with Crippen molar-refractivity contribution in [3.8, 4) is 12.1 Å². The summed E-state index contributed by atoms with van der Waals surface area (Å²) in [6, 6.07) is 12.1. The molecule has 1 unspecified atom stereocenters. The van der Waals surface area contributed by atoms with Gasteiger partial charge >= 0.3 is 0 Å². The van der Waals surface area contributed by atoms with Crippen LogP contribution in [0, 0.1) is 22.7 Å². The summed E-state index contributed by atoms with van der Waals surface area (Å²) in [5, 5.41) is 18.0. The zero-order chi connectivity index (χ0) is 13.0. The van der Waals surface area contributed by atoms with Gasteiger partial charge in [0.1, 0.15) is 6.07 Å². The maximum absolute atomic E-state index is 9.10. The van der Waals surface area contributed by atoms with E-state index in [-0.39, 0.29) is 6.04 Å². The second-order valence-corrected chi connectivity index (χ2v) is 4.46. The molecule has 0 bridgehead atoms. The first-order valence-corrected chi connectivity index (χ1v) is 6.14.